The van der Waals surface area contributed by atoms with Crippen LogP contribution in [0.2, 0.25) is 0 Å². The van der Waals surface area contributed by atoms with E-state index in [0.29, 0.717) is 0 Å². The molecule has 0 saturated carbocycles. The average molecular weight is 562 g/mol. The van der Waals surface area contributed by atoms with Gasteiger partial charge in [-0.2, -0.15) is 0 Å². The first-order valence-electron chi connectivity index (χ1n) is 19.6. The van der Waals surface area contributed by atoms with Gasteiger partial charge in [-0.25, -0.2) is 0 Å². The van der Waals surface area contributed by atoms with Gasteiger partial charge in [0.05, 0.1) is 0 Å². The Bertz CT molecular complexity index is 410. The summed E-state index contributed by atoms with van der Waals surface area (Å²) < 4.78 is 0. The van der Waals surface area contributed by atoms with E-state index in [2.05, 4.69) is 20.8 Å². The van der Waals surface area contributed by atoms with Gasteiger partial charge in [-0.3, -0.25) is 0 Å². The molecular formula is C40H81. The van der Waals surface area contributed by atoms with E-state index >= 15 is 0 Å². The normalized spacial score (nSPS) is 11.7. The van der Waals surface area contributed by atoms with Gasteiger partial charge in [-0.05, 0) is 5.92 Å². The summed E-state index contributed by atoms with van der Waals surface area (Å²) in [5.41, 5.74) is 0. The summed E-state index contributed by atoms with van der Waals surface area (Å²) in [6.45, 7) is 8.63. The molecule has 0 N–H and O–H groups in total. The SMILES string of the molecule is [CH2]CCCCCCCCCCCCCCCCCCCCCCCCCCCCCCCCCCCCC(C)C. The molecule has 0 heteroatoms. The molecule has 0 fully saturated rings. The maximum atomic E-state index is 3.93. The van der Waals surface area contributed by atoms with E-state index in [4.69, 9.17) is 0 Å². The van der Waals surface area contributed by atoms with Crippen molar-refractivity contribution in [2.75, 3.05) is 0 Å². The first-order valence-corrected chi connectivity index (χ1v) is 19.6. The van der Waals surface area contributed by atoms with Crippen LogP contribution in [0.15, 0.2) is 0 Å². The van der Waals surface area contributed by atoms with Gasteiger partial charge >= 0.3 is 0 Å². The fraction of sp³-hybridized carbons (Fsp3) is 0.975. The second kappa shape index (κ2) is 37.0. The molecule has 0 rings (SSSR count). The van der Waals surface area contributed by atoms with Crippen LogP contribution in [0.1, 0.15) is 245 Å². The van der Waals surface area contributed by atoms with Crippen LogP contribution in [-0.2, 0) is 0 Å². The zero-order valence-electron chi connectivity index (χ0n) is 28.7. The molecule has 0 aliphatic carbocycles. The zero-order chi connectivity index (χ0) is 29.0. The third-order valence-corrected chi connectivity index (χ3v) is 9.28. The van der Waals surface area contributed by atoms with Crippen LogP contribution in [0, 0.1) is 12.8 Å². The zero-order valence-corrected chi connectivity index (χ0v) is 28.7. The molecule has 0 amide bonds. The maximum absolute atomic E-state index is 3.93. The van der Waals surface area contributed by atoms with Gasteiger partial charge in [0.15, 0.2) is 0 Å². The quantitative estimate of drug-likeness (QED) is 0.0667. The Morgan fingerprint density at radius 3 is 0.550 bits per heavy atom. The van der Waals surface area contributed by atoms with Crippen molar-refractivity contribution in [1.82, 2.24) is 0 Å². The Morgan fingerprint density at radius 1 is 0.250 bits per heavy atom. The molecule has 0 atom stereocenters. The smallest absolute Gasteiger partial charge is 0.0471 e. The summed E-state index contributed by atoms with van der Waals surface area (Å²) in [6.07, 6.45) is 52.8. The van der Waals surface area contributed by atoms with Gasteiger partial charge in [-0.15, -0.1) is 0 Å². The number of rotatable bonds is 36. The van der Waals surface area contributed by atoms with Crippen molar-refractivity contribution in [2.24, 2.45) is 5.92 Å². The molecule has 0 bridgehead atoms. The highest BCUT2D eigenvalue weighted by Gasteiger charge is 1.98. The predicted octanol–water partition coefficient (Wildman–Crippen LogP) is 15.5. The maximum Gasteiger partial charge on any atom is -0.0471 e. The molecule has 0 aromatic rings. The monoisotopic (exact) mass is 562 g/mol. The van der Waals surface area contributed by atoms with E-state index < -0.39 is 0 Å². The highest BCUT2D eigenvalue weighted by atomic mass is 14.0. The predicted molar refractivity (Wildman–Crippen MR) is 186 cm³/mol. The van der Waals surface area contributed by atoms with Crippen molar-refractivity contribution in [3.8, 4) is 0 Å². The topological polar surface area (TPSA) is 0 Å². The lowest BCUT2D eigenvalue weighted by Gasteiger charge is -2.05. The standard InChI is InChI=1S/C40H81/c1-4-5-6-7-8-9-10-11-12-13-14-15-16-17-18-19-20-21-22-23-24-25-26-27-28-29-30-31-32-33-34-35-36-37-38-39-40(2)3/h40H,1,4-39H2,2-3H3. The molecule has 0 aromatic heterocycles. The molecular weight excluding hydrogens is 480 g/mol. The van der Waals surface area contributed by atoms with Crippen LogP contribution in [0.4, 0.5) is 0 Å². The number of hydrogen-bond acceptors (Lipinski definition) is 0. The van der Waals surface area contributed by atoms with Crippen molar-refractivity contribution in [3.63, 3.8) is 0 Å². The summed E-state index contributed by atoms with van der Waals surface area (Å²) >= 11 is 0. The van der Waals surface area contributed by atoms with Gasteiger partial charge < -0.3 is 0 Å². The van der Waals surface area contributed by atoms with Crippen LogP contribution in [0.5, 0.6) is 0 Å². The summed E-state index contributed by atoms with van der Waals surface area (Å²) in [5, 5.41) is 0. The minimum absolute atomic E-state index is 0.896. The van der Waals surface area contributed by atoms with Crippen LogP contribution in [-0.4, -0.2) is 0 Å². The molecule has 0 aliphatic rings. The second-order valence-corrected chi connectivity index (χ2v) is 14.1. The molecule has 40 heavy (non-hydrogen) atoms. The molecule has 0 spiro atoms. The van der Waals surface area contributed by atoms with Gasteiger partial charge in [0.1, 0.15) is 0 Å². The third-order valence-electron chi connectivity index (χ3n) is 9.28. The van der Waals surface area contributed by atoms with Gasteiger partial charge in [0, 0.05) is 0 Å². The van der Waals surface area contributed by atoms with Gasteiger partial charge in [-0.1, -0.05) is 252 Å². The summed E-state index contributed by atoms with van der Waals surface area (Å²) in [6, 6.07) is 0. The third kappa shape index (κ3) is 38.0. The minimum atomic E-state index is 0.896. The fourth-order valence-electron chi connectivity index (χ4n) is 6.39. The summed E-state index contributed by atoms with van der Waals surface area (Å²) in [7, 11) is 0. The molecule has 0 saturated heterocycles. The highest BCUT2D eigenvalue weighted by molar-refractivity contribution is 4.53. The van der Waals surface area contributed by atoms with Crippen molar-refractivity contribution in [1.29, 1.82) is 0 Å². The van der Waals surface area contributed by atoms with Gasteiger partial charge in [0.25, 0.3) is 0 Å². The number of hydrogen-bond donors (Lipinski definition) is 0. The van der Waals surface area contributed by atoms with E-state index in [-0.39, 0.29) is 0 Å². The Morgan fingerprint density at radius 2 is 0.400 bits per heavy atom. The highest BCUT2D eigenvalue weighted by Crippen LogP contribution is 2.17. The Hall–Kier alpha value is 0. The molecule has 0 nitrogen and oxygen atoms in total. The molecule has 1 radical (unpaired) electrons. The van der Waals surface area contributed by atoms with E-state index in [1.165, 1.54) is 225 Å². The lowest BCUT2D eigenvalue weighted by molar-refractivity contribution is 0.500. The molecule has 0 aromatic carbocycles. The van der Waals surface area contributed by atoms with Crippen LogP contribution < -0.4 is 0 Å². The van der Waals surface area contributed by atoms with Crippen molar-refractivity contribution in [2.45, 2.75) is 245 Å². The average Bonchev–Trinajstić information content (AvgIpc) is 2.95. The lowest BCUT2D eigenvalue weighted by Crippen LogP contribution is -1.87. The van der Waals surface area contributed by atoms with Crippen LogP contribution in [0.25, 0.3) is 0 Å². The van der Waals surface area contributed by atoms with Crippen LogP contribution >= 0.6 is 0 Å². The van der Waals surface area contributed by atoms with Crippen molar-refractivity contribution >= 4 is 0 Å². The van der Waals surface area contributed by atoms with E-state index in [1.807, 2.05) is 0 Å². The Labute approximate surface area is 257 Å². The largest absolute Gasteiger partial charge is 0.0628 e. The first-order chi connectivity index (χ1) is 19.8. The van der Waals surface area contributed by atoms with Crippen molar-refractivity contribution < 1.29 is 0 Å². The molecule has 0 aliphatic heterocycles. The van der Waals surface area contributed by atoms with E-state index in [9.17, 15) is 0 Å². The molecule has 0 unspecified atom stereocenters. The molecule has 241 valence electrons. The van der Waals surface area contributed by atoms with Crippen molar-refractivity contribution in [3.05, 3.63) is 6.92 Å². The minimum Gasteiger partial charge on any atom is -0.0628 e. The number of unbranched alkanes of at least 4 members (excludes halogenated alkanes) is 34. The summed E-state index contributed by atoms with van der Waals surface area (Å²) in [5.74, 6) is 0.896. The second-order valence-electron chi connectivity index (χ2n) is 14.1. The summed E-state index contributed by atoms with van der Waals surface area (Å²) in [4.78, 5) is 0. The van der Waals surface area contributed by atoms with E-state index in [1.54, 1.807) is 0 Å². The van der Waals surface area contributed by atoms with E-state index in [0.717, 1.165) is 12.3 Å². The Kier molecular flexibility index (Phi) is 37.0. The Balaban J connectivity index is 3.02. The van der Waals surface area contributed by atoms with Gasteiger partial charge in [0.2, 0.25) is 0 Å². The first kappa shape index (κ1) is 40.0. The lowest BCUT2D eigenvalue weighted by atomic mass is 10.0. The fourth-order valence-corrected chi connectivity index (χ4v) is 6.39. The molecule has 0 heterocycles. The van der Waals surface area contributed by atoms with Crippen LogP contribution in [0.3, 0.4) is 0 Å².